The van der Waals surface area contributed by atoms with Crippen molar-refractivity contribution in [3.63, 3.8) is 0 Å². The number of carbonyl (C=O) groups excluding carboxylic acids is 1. The highest BCUT2D eigenvalue weighted by Crippen LogP contribution is 2.19. The van der Waals surface area contributed by atoms with Crippen LogP contribution in [0.3, 0.4) is 0 Å². The highest BCUT2D eigenvalue weighted by molar-refractivity contribution is 5.75. The summed E-state index contributed by atoms with van der Waals surface area (Å²) in [7, 11) is 1.74. The van der Waals surface area contributed by atoms with Gasteiger partial charge in [0.05, 0.1) is 0 Å². The minimum absolute atomic E-state index is 0.129. The van der Waals surface area contributed by atoms with Gasteiger partial charge in [0.25, 0.3) is 0 Å². The summed E-state index contributed by atoms with van der Waals surface area (Å²) in [5, 5.41) is 3.04. The van der Waals surface area contributed by atoms with E-state index in [2.05, 4.69) is 10.2 Å². The number of nitrogens with one attached hydrogen (secondary N) is 1. The predicted octanol–water partition coefficient (Wildman–Crippen LogP) is 0.513. The number of hydrogen-bond acceptors (Lipinski definition) is 3. The van der Waals surface area contributed by atoms with Gasteiger partial charge in [0, 0.05) is 52.5 Å². The normalized spacial score (nSPS) is 21.6. The maximum Gasteiger partial charge on any atom is 0.317 e. The first kappa shape index (κ1) is 12.6. The Morgan fingerprint density at radius 3 is 2.59 bits per heavy atom. The number of piperazine rings is 1. The van der Waals surface area contributed by atoms with Crippen LogP contribution in [0.5, 0.6) is 0 Å². The van der Waals surface area contributed by atoms with E-state index in [1.807, 2.05) is 4.90 Å². The Morgan fingerprint density at radius 2 is 2.00 bits per heavy atom. The van der Waals surface area contributed by atoms with Crippen molar-refractivity contribution in [3.8, 4) is 0 Å². The number of carbonyl (C=O) groups is 1. The van der Waals surface area contributed by atoms with E-state index in [1.54, 1.807) is 7.11 Å². The van der Waals surface area contributed by atoms with E-state index in [9.17, 15) is 4.79 Å². The van der Waals surface area contributed by atoms with Gasteiger partial charge in [0.15, 0.2) is 0 Å². The zero-order valence-electron chi connectivity index (χ0n) is 10.7. The quantitative estimate of drug-likeness (QED) is 0.713. The van der Waals surface area contributed by atoms with Crippen LogP contribution in [0.2, 0.25) is 0 Å². The molecule has 1 aliphatic heterocycles. The Kier molecular flexibility index (Phi) is 4.62. The average Bonchev–Trinajstić information content (AvgIpc) is 3.14. The Labute approximate surface area is 103 Å². The second-order valence-electron chi connectivity index (χ2n) is 4.90. The van der Waals surface area contributed by atoms with Crippen molar-refractivity contribution in [1.82, 2.24) is 15.1 Å². The van der Waals surface area contributed by atoms with Crippen molar-refractivity contribution in [1.29, 1.82) is 0 Å². The van der Waals surface area contributed by atoms with Crippen molar-refractivity contribution in [3.05, 3.63) is 0 Å². The summed E-state index contributed by atoms with van der Waals surface area (Å²) < 4.78 is 5.04. The summed E-state index contributed by atoms with van der Waals surface area (Å²) in [6.07, 6.45) is 3.39. The van der Waals surface area contributed by atoms with E-state index >= 15 is 0 Å². The highest BCUT2D eigenvalue weighted by Gasteiger charge is 2.27. The van der Waals surface area contributed by atoms with Gasteiger partial charge in [-0.15, -0.1) is 0 Å². The first-order valence-electron chi connectivity index (χ1n) is 6.56. The second kappa shape index (κ2) is 6.21. The van der Waals surface area contributed by atoms with Gasteiger partial charge in [-0.25, -0.2) is 4.79 Å². The molecule has 0 aromatic heterocycles. The number of amides is 2. The Balaban J connectivity index is 1.61. The van der Waals surface area contributed by atoms with Crippen LogP contribution < -0.4 is 5.32 Å². The zero-order valence-corrected chi connectivity index (χ0v) is 10.7. The second-order valence-corrected chi connectivity index (χ2v) is 4.90. The first-order valence-corrected chi connectivity index (χ1v) is 6.56. The fourth-order valence-electron chi connectivity index (χ4n) is 2.10. The van der Waals surface area contributed by atoms with Gasteiger partial charge in [-0.05, 0) is 19.3 Å². The van der Waals surface area contributed by atoms with Crippen LogP contribution in [-0.2, 0) is 4.74 Å². The lowest BCUT2D eigenvalue weighted by Crippen LogP contribution is -2.52. The third-order valence-corrected chi connectivity index (χ3v) is 3.39. The standard InChI is InChI=1S/C12H23N3O2/c1-17-10-2-5-14-6-8-15(9-7-14)12(16)13-11-3-4-11/h11H,2-10H2,1H3,(H,13,16). The lowest BCUT2D eigenvalue weighted by atomic mass is 10.3. The largest absolute Gasteiger partial charge is 0.385 e. The maximum absolute atomic E-state index is 11.8. The number of methoxy groups -OCH3 is 1. The summed E-state index contributed by atoms with van der Waals surface area (Å²) in [4.78, 5) is 16.1. The molecule has 0 aromatic carbocycles. The third kappa shape index (κ3) is 4.16. The van der Waals surface area contributed by atoms with Crippen LogP contribution in [0.4, 0.5) is 4.79 Å². The minimum atomic E-state index is 0.129. The van der Waals surface area contributed by atoms with Gasteiger partial charge < -0.3 is 15.0 Å². The lowest BCUT2D eigenvalue weighted by molar-refractivity contribution is 0.125. The van der Waals surface area contributed by atoms with Crippen molar-refractivity contribution in [2.75, 3.05) is 46.4 Å². The van der Waals surface area contributed by atoms with Gasteiger partial charge in [0.2, 0.25) is 0 Å². The molecule has 5 heteroatoms. The van der Waals surface area contributed by atoms with Crippen LogP contribution in [-0.4, -0.2) is 68.3 Å². The summed E-state index contributed by atoms with van der Waals surface area (Å²) in [5.41, 5.74) is 0. The monoisotopic (exact) mass is 241 g/mol. The number of hydrogen-bond donors (Lipinski definition) is 1. The van der Waals surface area contributed by atoms with Crippen LogP contribution in [0.15, 0.2) is 0 Å². The van der Waals surface area contributed by atoms with Gasteiger partial charge in [-0.2, -0.15) is 0 Å². The van der Waals surface area contributed by atoms with Crippen molar-refractivity contribution >= 4 is 6.03 Å². The Hall–Kier alpha value is -0.810. The number of nitrogens with zero attached hydrogens (tertiary/aromatic N) is 2. The van der Waals surface area contributed by atoms with Gasteiger partial charge >= 0.3 is 6.03 Å². The molecule has 0 spiro atoms. The fraction of sp³-hybridized carbons (Fsp3) is 0.917. The molecule has 1 aliphatic carbocycles. The van der Waals surface area contributed by atoms with Gasteiger partial charge in [-0.1, -0.05) is 0 Å². The molecule has 2 rings (SSSR count). The molecular formula is C12H23N3O2. The molecule has 5 nitrogen and oxygen atoms in total. The van der Waals surface area contributed by atoms with Crippen molar-refractivity contribution in [2.24, 2.45) is 0 Å². The molecule has 0 unspecified atom stereocenters. The molecule has 0 atom stereocenters. The molecule has 2 aliphatic rings. The van der Waals surface area contributed by atoms with Gasteiger partial charge in [0.1, 0.15) is 0 Å². The molecule has 1 N–H and O–H groups in total. The van der Waals surface area contributed by atoms with E-state index in [1.165, 1.54) is 0 Å². The summed E-state index contributed by atoms with van der Waals surface area (Å²) in [6.45, 7) is 5.58. The van der Waals surface area contributed by atoms with E-state index in [0.717, 1.165) is 58.6 Å². The van der Waals surface area contributed by atoms with E-state index in [0.29, 0.717) is 6.04 Å². The predicted molar refractivity (Wildman–Crippen MR) is 66.1 cm³/mol. The van der Waals surface area contributed by atoms with E-state index in [4.69, 9.17) is 4.74 Å². The number of ether oxygens (including phenoxy) is 1. The van der Waals surface area contributed by atoms with Crippen LogP contribution >= 0.6 is 0 Å². The average molecular weight is 241 g/mol. The smallest absolute Gasteiger partial charge is 0.317 e. The van der Waals surface area contributed by atoms with Gasteiger partial charge in [-0.3, -0.25) is 4.90 Å². The van der Waals surface area contributed by atoms with E-state index < -0.39 is 0 Å². The Bertz CT molecular complexity index is 248. The molecule has 2 amide bonds. The highest BCUT2D eigenvalue weighted by atomic mass is 16.5. The minimum Gasteiger partial charge on any atom is -0.385 e. The molecule has 98 valence electrons. The molecule has 1 saturated heterocycles. The van der Waals surface area contributed by atoms with Crippen LogP contribution in [0, 0.1) is 0 Å². The molecular weight excluding hydrogens is 218 g/mol. The third-order valence-electron chi connectivity index (χ3n) is 3.39. The maximum atomic E-state index is 11.8. The van der Waals surface area contributed by atoms with E-state index in [-0.39, 0.29) is 6.03 Å². The summed E-state index contributed by atoms with van der Waals surface area (Å²) in [6, 6.07) is 0.589. The molecule has 17 heavy (non-hydrogen) atoms. The topological polar surface area (TPSA) is 44.8 Å². The van der Waals surface area contributed by atoms with Crippen LogP contribution in [0.25, 0.3) is 0 Å². The first-order chi connectivity index (χ1) is 8.29. The molecule has 1 heterocycles. The number of rotatable bonds is 5. The fourth-order valence-corrected chi connectivity index (χ4v) is 2.10. The van der Waals surface area contributed by atoms with Crippen LogP contribution in [0.1, 0.15) is 19.3 Å². The number of urea groups is 1. The Morgan fingerprint density at radius 1 is 1.29 bits per heavy atom. The van der Waals surface area contributed by atoms with Crippen molar-refractivity contribution < 1.29 is 9.53 Å². The summed E-state index contributed by atoms with van der Waals surface area (Å²) >= 11 is 0. The molecule has 0 radical (unpaired) electrons. The molecule has 0 bridgehead atoms. The lowest BCUT2D eigenvalue weighted by Gasteiger charge is -2.34. The zero-order chi connectivity index (χ0) is 12.1. The summed E-state index contributed by atoms with van der Waals surface area (Å²) in [5.74, 6) is 0. The molecule has 1 saturated carbocycles. The molecule has 2 fully saturated rings. The molecule has 0 aromatic rings. The SMILES string of the molecule is COCCCN1CCN(C(=O)NC2CC2)CC1. The van der Waals surface area contributed by atoms with Crippen molar-refractivity contribution in [2.45, 2.75) is 25.3 Å².